The van der Waals surface area contributed by atoms with E-state index in [1.807, 2.05) is 12.1 Å². The van der Waals surface area contributed by atoms with Gasteiger partial charge in [-0.15, -0.1) is 0 Å². The normalized spacial score (nSPS) is 29.3. The van der Waals surface area contributed by atoms with Crippen molar-refractivity contribution in [2.75, 3.05) is 0 Å². The molecular weight excluding hydrogens is 335 g/mol. The van der Waals surface area contributed by atoms with E-state index in [1.54, 1.807) is 0 Å². The van der Waals surface area contributed by atoms with Crippen LogP contribution in [0.15, 0.2) is 36.4 Å². The van der Waals surface area contributed by atoms with E-state index in [0.29, 0.717) is 12.7 Å². The van der Waals surface area contributed by atoms with Crippen LogP contribution < -0.4 is 0 Å². The number of unbranched alkanes of at least 4 members (excludes halogenated alkanes) is 1. The molecule has 3 rings (SSSR count). The number of rotatable bonds is 8. The van der Waals surface area contributed by atoms with E-state index in [9.17, 15) is 4.39 Å². The summed E-state index contributed by atoms with van der Waals surface area (Å²) in [5, 5.41) is 0. The summed E-state index contributed by atoms with van der Waals surface area (Å²) in [5.74, 6) is 2.71. The van der Waals surface area contributed by atoms with Gasteiger partial charge >= 0.3 is 0 Å². The lowest BCUT2D eigenvalue weighted by molar-refractivity contribution is -0.00286. The van der Waals surface area contributed by atoms with Crippen molar-refractivity contribution in [1.29, 1.82) is 0 Å². The topological polar surface area (TPSA) is 9.23 Å². The molecule has 0 N–H and O–H groups in total. The standard InChI is InChI=1S/C25H37FO/c1-2-3-4-5-6-20-7-11-22(12-8-20)23-13-17-25(18-14-23)27-19-21-9-15-24(26)16-10-21/h2-3,9-10,15-16,20,22-23,25H,4-8,11-14,17-19H2,1H3/b3-2-/t20-,22-,23?,25?. The third-order valence-electron chi connectivity index (χ3n) is 6.89. The Morgan fingerprint density at radius 2 is 1.56 bits per heavy atom. The van der Waals surface area contributed by atoms with Crippen LogP contribution in [0.2, 0.25) is 0 Å². The highest BCUT2D eigenvalue weighted by Crippen LogP contribution is 2.41. The van der Waals surface area contributed by atoms with Crippen LogP contribution in [0.5, 0.6) is 0 Å². The van der Waals surface area contributed by atoms with Gasteiger partial charge in [0.1, 0.15) is 5.82 Å². The van der Waals surface area contributed by atoms with Crippen molar-refractivity contribution in [2.24, 2.45) is 17.8 Å². The maximum absolute atomic E-state index is 13.0. The average molecular weight is 373 g/mol. The van der Waals surface area contributed by atoms with E-state index in [-0.39, 0.29) is 5.82 Å². The number of hydrogen-bond donors (Lipinski definition) is 0. The number of benzene rings is 1. The summed E-state index contributed by atoms with van der Waals surface area (Å²) < 4.78 is 19.1. The lowest BCUT2D eigenvalue weighted by Gasteiger charge is -2.37. The first-order valence-corrected chi connectivity index (χ1v) is 11.2. The summed E-state index contributed by atoms with van der Waals surface area (Å²) in [6.45, 7) is 2.74. The highest BCUT2D eigenvalue weighted by atomic mass is 19.1. The highest BCUT2D eigenvalue weighted by Gasteiger charge is 2.30. The second kappa shape index (κ2) is 11.0. The lowest BCUT2D eigenvalue weighted by atomic mass is 9.70. The zero-order chi connectivity index (χ0) is 18.9. The Morgan fingerprint density at radius 1 is 0.926 bits per heavy atom. The van der Waals surface area contributed by atoms with Gasteiger partial charge in [-0.2, -0.15) is 0 Å². The quantitative estimate of drug-likeness (QED) is 0.340. The largest absolute Gasteiger partial charge is 0.374 e. The van der Waals surface area contributed by atoms with Crippen molar-refractivity contribution in [3.63, 3.8) is 0 Å². The van der Waals surface area contributed by atoms with Crippen molar-refractivity contribution in [1.82, 2.24) is 0 Å². The maximum atomic E-state index is 13.0. The van der Waals surface area contributed by atoms with Crippen LogP contribution in [-0.2, 0) is 11.3 Å². The van der Waals surface area contributed by atoms with Crippen molar-refractivity contribution >= 4 is 0 Å². The molecule has 0 atom stereocenters. The lowest BCUT2D eigenvalue weighted by Crippen LogP contribution is -2.28. The molecular formula is C25H37FO. The molecule has 2 aliphatic rings. The van der Waals surface area contributed by atoms with Crippen LogP contribution in [0.1, 0.15) is 83.1 Å². The van der Waals surface area contributed by atoms with Crippen LogP contribution in [-0.4, -0.2) is 6.10 Å². The van der Waals surface area contributed by atoms with Gasteiger partial charge in [-0.25, -0.2) is 4.39 Å². The number of allylic oxidation sites excluding steroid dienone is 2. The van der Waals surface area contributed by atoms with Gasteiger partial charge in [0.15, 0.2) is 0 Å². The van der Waals surface area contributed by atoms with Gasteiger partial charge in [0, 0.05) is 0 Å². The molecule has 0 radical (unpaired) electrons. The first kappa shape index (κ1) is 20.6. The summed E-state index contributed by atoms with van der Waals surface area (Å²) in [5.41, 5.74) is 1.08. The van der Waals surface area contributed by atoms with E-state index in [1.165, 1.54) is 82.8 Å². The highest BCUT2D eigenvalue weighted by molar-refractivity contribution is 5.15. The molecule has 1 aromatic carbocycles. The molecule has 0 heterocycles. The smallest absolute Gasteiger partial charge is 0.123 e. The van der Waals surface area contributed by atoms with Crippen LogP contribution in [0.3, 0.4) is 0 Å². The van der Waals surface area contributed by atoms with E-state index in [4.69, 9.17) is 4.74 Å². The van der Waals surface area contributed by atoms with E-state index in [2.05, 4.69) is 19.1 Å². The Morgan fingerprint density at radius 3 is 2.19 bits per heavy atom. The summed E-state index contributed by atoms with van der Waals surface area (Å²) in [7, 11) is 0. The van der Waals surface area contributed by atoms with Crippen molar-refractivity contribution in [3.05, 3.63) is 47.8 Å². The summed E-state index contributed by atoms with van der Waals surface area (Å²) in [6, 6.07) is 6.70. The number of hydrogen-bond acceptors (Lipinski definition) is 1. The minimum atomic E-state index is -0.174. The monoisotopic (exact) mass is 372 g/mol. The fourth-order valence-corrected chi connectivity index (χ4v) is 5.16. The fourth-order valence-electron chi connectivity index (χ4n) is 5.16. The summed E-state index contributed by atoms with van der Waals surface area (Å²) in [6.07, 6.45) is 19.9. The maximum Gasteiger partial charge on any atom is 0.123 e. The van der Waals surface area contributed by atoms with Crippen molar-refractivity contribution in [3.8, 4) is 0 Å². The molecule has 0 aromatic heterocycles. The molecule has 0 aliphatic heterocycles. The Hall–Kier alpha value is -1.15. The molecule has 27 heavy (non-hydrogen) atoms. The molecule has 0 unspecified atom stereocenters. The Bertz CT molecular complexity index is 548. The van der Waals surface area contributed by atoms with E-state index in [0.717, 1.165) is 23.3 Å². The molecule has 0 bridgehead atoms. The molecule has 1 nitrogen and oxygen atoms in total. The van der Waals surface area contributed by atoms with Crippen molar-refractivity contribution < 1.29 is 9.13 Å². The van der Waals surface area contributed by atoms with Crippen LogP contribution in [0.25, 0.3) is 0 Å². The third kappa shape index (κ3) is 6.75. The second-order valence-corrected chi connectivity index (χ2v) is 8.76. The van der Waals surface area contributed by atoms with Gasteiger partial charge < -0.3 is 4.74 Å². The molecule has 2 fully saturated rings. The van der Waals surface area contributed by atoms with Gasteiger partial charge in [0.2, 0.25) is 0 Å². The van der Waals surface area contributed by atoms with Gasteiger partial charge in [0.05, 0.1) is 12.7 Å². The molecule has 0 amide bonds. The molecule has 2 aliphatic carbocycles. The van der Waals surface area contributed by atoms with Gasteiger partial charge in [-0.1, -0.05) is 43.5 Å². The zero-order valence-electron chi connectivity index (χ0n) is 17.0. The summed E-state index contributed by atoms with van der Waals surface area (Å²) >= 11 is 0. The van der Waals surface area contributed by atoms with E-state index >= 15 is 0 Å². The predicted octanol–water partition coefficient (Wildman–Crippen LogP) is 7.45. The molecule has 150 valence electrons. The van der Waals surface area contributed by atoms with Crippen LogP contribution in [0, 0.1) is 23.6 Å². The molecule has 2 saturated carbocycles. The first-order chi connectivity index (χ1) is 13.2. The predicted molar refractivity (Wildman–Crippen MR) is 111 cm³/mol. The van der Waals surface area contributed by atoms with Crippen LogP contribution in [0.4, 0.5) is 4.39 Å². The second-order valence-electron chi connectivity index (χ2n) is 8.76. The van der Waals surface area contributed by atoms with Gasteiger partial charge in [0.25, 0.3) is 0 Å². The van der Waals surface area contributed by atoms with E-state index < -0.39 is 0 Å². The Labute approximate surface area is 165 Å². The van der Waals surface area contributed by atoms with Crippen molar-refractivity contribution in [2.45, 2.75) is 90.3 Å². The Kier molecular flexibility index (Phi) is 8.38. The fraction of sp³-hybridized carbons (Fsp3) is 0.680. The molecule has 0 spiro atoms. The summed E-state index contributed by atoms with van der Waals surface area (Å²) in [4.78, 5) is 0. The number of ether oxygens (including phenoxy) is 1. The number of halogens is 1. The third-order valence-corrected chi connectivity index (χ3v) is 6.89. The van der Waals surface area contributed by atoms with Gasteiger partial charge in [-0.3, -0.25) is 0 Å². The zero-order valence-corrected chi connectivity index (χ0v) is 17.0. The minimum Gasteiger partial charge on any atom is -0.374 e. The van der Waals surface area contributed by atoms with Crippen LogP contribution >= 0.6 is 0 Å². The SMILES string of the molecule is C/C=C\CCC[C@H]1CC[C@H](C2CCC(OCc3ccc(F)cc3)CC2)CC1. The molecule has 2 heteroatoms. The average Bonchev–Trinajstić information content (AvgIpc) is 2.72. The molecule has 0 saturated heterocycles. The Balaban J connectivity index is 1.31. The van der Waals surface area contributed by atoms with Gasteiger partial charge in [-0.05, 0) is 93.7 Å². The minimum absolute atomic E-state index is 0.174. The first-order valence-electron chi connectivity index (χ1n) is 11.2. The molecule has 1 aromatic rings.